The number of aromatic nitrogens is 1. The van der Waals surface area contributed by atoms with E-state index in [1.807, 2.05) is 0 Å². The van der Waals surface area contributed by atoms with Gasteiger partial charge < -0.3 is 10.1 Å². The standard InChI is InChI=1S/C18H12F3NO3/c19-18(20,21)12-8-4-7-11-15(12)22-13(14(16(11)23)17(24)25)9-10-5-2-1-3-6-10/h1-8H,9H2,(H,22,23)(H,24,25). The fraction of sp³-hybridized carbons (Fsp3) is 0.111. The van der Waals surface area contributed by atoms with Gasteiger partial charge in [0.25, 0.3) is 0 Å². The van der Waals surface area contributed by atoms with E-state index >= 15 is 0 Å². The third kappa shape index (κ3) is 3.13. The number of para-hydroxylation sites is 1. The van der Waals surface area contributed by atoms with Gasteiger partial charge in [0, 0.05) is 17.5 Å². The van der Waals surface area contributed by atoms with Gasteiger partial charge in [0.15, 0.2) is 0 Å². The van der Waals surface area contributed by atoms with E-state index in [-0.39, 0.29) is 17.5 Å². The molecule has 0 aliphatic carbocycles. The lowest BCUT2D eigenvalue weighted by molar-refractivity contribution is -0.136. The second kappa shape index (κ2) is 6.08. The minimum absolute atomic E-state index is 0.000154. The molecule has 0 saturated heterocycles. The quantitative estimate of drug-likeness (QED) is 0.756. The summed E-state index contributed by atoms with van der Waals surface area (Å²) in [7, 11) is 0. The van der Waals surface area contributed by atoms with Gasteiger partial charge in [0.1, 0.15) is 5.56 Å². The molecule has 0 aliphatic heterocycles. The molecule has 2 aromatic carbocycles. The number of pyridine rings is 1. The number of hydrogen-bond acceptors (Lipinski definition) is 2. The van der Waals surface area contributed by atoms with Gasteiger partial charge in [-0.15, -0.1) is 0 Å². The maximum Gasteiger partial charge on any atom is 0.418 e. The SMILES string of the molecule is O=C(O)c1c(Cc2ccccc2)[nH]c2c(C(F)(F)F)cccc2c1=O. The summed E-state index contributed by atoms with van der Waals surface area (Å²) >= 11 is 0. The zero-order valence-electron chi connectivity index (χ0n) is 12.7. The van der Waals surface area contributed by atoms with Crippen LogP contribution in [-0.4, -0.2) is 16.1 Å². The predicted molar refractivity (Wildman–Crippen MR) is 85.8 cm³/mol. The van der Waals surface area contributed by atoms with E-state index in [1.54, 1.807) is 30.3 Å². The molecule has 0 saturated carbocycles. The smallest absolute Gasteiger partial charge is 0.418 e. The fourth-order valence-electron chi connectivity index (χ4n) is 2.76. The summed E-state index contributed by atoms with van der Waals surface area (Å²) in [6.45, 7) is 0. The van der Waals surface area contributed by atoms with Crippen LogP contribution < -0.4 is 5.43 Å². The van der Waals surface area contributed by atoms with Gasteiger partial charge in [-0.3, -0.25) is 4.79 Å². The first-order valence-electron chi connectivity index (χ1n) is 7.31. The van der Waals surface area contributed by atoms with Crippen molar-refractivity contribution in [1.29, 1.82) is 0 Å². The number of halogens is 3. The Kier molecular flexibility index (Phi) is 4.08. The molecule has 2 N–H and O–H groups in total. The Bertz CT molecular complexity index is 1010. The van der Waals surface area contributed by atoms with E-state index in [4.69, 9.17) is 0 Å². The molecule has 0 amide bonds. The van der Waals surface area contributed by atoms with Crippen molar-refractivity contribution in [1.82, 2.24) is 4.98 Å². The van der Waals surface area contributed by atoms with Gasteiger partial charge in [0.2, 0.25) is 5.43 Å². The lowest BCUT2D eigenvalue weighted by Crippen LogP contribution is -2.21. The Hall–Kier alpha value is -3.09. The second-order valence-electron chi connectivity index (χ2n) is 5.50. The van der Waals surface area contributed by atoms with Crippen molar-refractivity contribution in [2.75, 3.05) is 0 Å². The van der Waals surface area contributed by atoms with E-state index in [2.05, 4.69) is 4.98 Å². The molecule has 1 aromatic heterocycles. The van der Waals surface area contributed by atoms with Crippen molar-refractivity contribution >= 4 is 16.9 Å². The number of nitrogens with one attached hydrogen (secondary N) is 1. The molecule has 7 heteroatoms. The fourth-order valence-corrected chi connectivity index (χ4v) is 2.76. The highest BCUT2D eigenvalue weighted by atomic mass is 19.4. The number of aromatic carboxylic acids is 1. The van der Waals surface area contributed by atoms with Crippen molar-refractivity contribution in [2.24, 2.45) is 0 Å². The second-order valence-corrected chi connectivity index (χ2v) is 5.50. The first kappa shape index (κ1) is 16.8. The Balaban J connectivity index is 2.33. The molecule has 3 rings (SSSR count). The molecule has 0 aliphatic rings. The lowest BCUT2D eigenvalue weighted by Gasteiger charge is -2.13. The van der Waals surface area contributed by atoms with E-state index in [0.717, 1.165) is 12.1 Å². The maximum atomic E-state index is 13.2. The number of carbonyl (C=O) groups is 1. The predicted octanol–water partition coefficient (Wildman–Crippen LogP) is 3.84. The lowest BCUT2D eigenvalue weighted by atomic mass is 10.0. The number of aromatic amines is 1. The number of fused-ring (bicyclic) bond motifs is 1. The number of rotatable bonds is 3. The van der Waals surface area contributed by atoms with Crippen LogP contribution >= 0.6 is 0 Å². The van der Waals surface area contributed by atoms with Crippen LogP contribution in [-0.2, 0) is 12.6 Å². The van der Waals surface area contributed by atoms with Crippen molar-refractivity contribution in [3.8, 4) is 0 Å². The van der Waals surface area contributed by atoms with Crippen molar-refractivity contribution in [2.45, 2.75) is 12.6 Å². The third-order valence-electron chi connectivity index (χ3n) is 3.86. The Morgan fingerprint density at radius 3 is 2.32 bits per heavy atom. The summed E-state index contributed by atoms with van der Waals surface area (Å²) < 4.78 is 39.7. The normalized spacial score (nSPS) is 11.6. The van der Waals surface area contributed by atoms with E-state index in [1.165, 1.54) is 6.07 Å². The van der Waals surface area contributed by atoms with Crippen LogP contribution in [0.1, 0.15) is 27.2 Å². The van der Waals surface area contributed by atoms with Gasteiger partial charge in [-0.2, -0.15) is 13.2 Å². The summed E-state index contributed by atoms with van der Waals surface area (Å²) in [5.41, 5.74) is -2.28. The first-order valence-corrected chi connectivity index (χ1v) is 7.31. The summed E-state index contributed by atoms with van der Waals surface area (Å²) in [6.07, 6.45) is -4.67. The van der Waals surface area contributed by atoms with Gasteiger partial charge in [-0.1, -0.05) is 36.4 Å². The topological polar surface area (TPSA) is 70.2 Å². The molecule has 25 heavy (non-hydrogen) atoms. The zero-order chi connectivity index (χ0) is 18.2. The molecule has 4 nitrogen and oxygen atoms in total. The Morgan fingerprint density at radius 1 is 1.04 bits per heavy atom. The molecule has 3 aromatic rings. The number of benzene rings is 2. The average Bonchev–Trinajstić information content (AvgIpc) is 2.54. The number of H-pyrrole nitrogens is 1. The van der Waals surface area contributed by atoms with E-state index in [0.29, 0.717) is 5.56 Å². The van der Waals surface area contributed by atoms with Gasteiger partial charge in [-0.05, 0) is 17.7 Å². The third-order valence-corrected chi connectivity index (χ3v) is 3.86. The van der Waals surface area contributed by atoms with Crippen LogP contribution in [0.15, 0.2) is 53.3 Å². The van der Waals surface area contributed by atoms with Gasteiger partial charge in [0.05, 0.1) is 11.1 Å². The van der Waals surface area contributed by atoms with Crippen molar-refractivity contribution in [3.63, 3.8) is 0 Å². The van der Waals surface area contributed by atoms with Crippen LogP contribution in [0.3, 0.4) is 0 Å². The van der Waals surface area contributed by atoms with Crippen LogP contribution in [0, 0.1) is 0 Å². The van der Waals surface area contributed by atoms with Gasteiger partial charge in [-0.25, -0.2) is 4.79 Å². The van der Waals surface area contributed by atoms with E-state index in [9.17, 15) is 27.9 Å². The molecule has 0 unspecified atom stereocenters. The molecule has 0 fully saturated rings. The molecular weight excluding hydrogens is 335 g/mol. The first-order chi connectivity index (χ1) is 11.8. The van der Waals surface area contributed by atoms with Crippen LogP contribution in [0.25, 0.3) is 10.9 Å². The number of alkyl halides is 3. The molecule has 128 valence electrons. The van der Waals surface area contributed by atoms with E-state index < -0.39 is 34.2 Å². The Morgan fingerprint density at radius 2 is 1.72 bits per heavy atom. The molecule has 1 heterocycles. The minimum Gasteiger partial charge on any atom is -0.477 e. The Labute approximate surface area is 139 Å². The minimum atomic E-state index is -4.67. The molecule has 0 atom stereocenters. The highest BCUT2D eigenvalue weighted by molar-refractivity contribution is 5.94. The van der Waals surface area contributed by atoms with Crippen LogP contribution in [0.4, 0.5) is 13.2 Å². The van der Waals surface area contributed by atoms with Crippen LogP contribution in [0.2, 0.25) is 0 Å². The summed E-state index contributed by atoms with van der Waals surface area (Å²) in [6, 6.07) is 11.7. The largest absolute Gasteiger partial charge is 0.477 e. The average molecular weight is 347 g/mol. The van der Waals surface area contributed by atoms with Crippen LogP contribution in [0.5, 0.6) is 0 Å². The molecular formula is C18H12F3NO3. The van der Waals surface area contributed by atoms with Crippen molar-refractivity contribution < 1.29 is 23.1 Å². The van der Waals surface area contributed by atoms with Gasteiger partial charge >= 0.3 is 12.1 Å². The molecule has 0 radical (unpaired) electrons. The molecule has 0 spiro atoms. The van der Waals surface area contributed by atoms with Crippen molar-refractivity contribution in [3.05, 3.63) is 81.1 Å². The summed E-state index contributed by atoms with van der Waals surface area (Å²) in [5, 5.41) is 9.07. The highest BCUT2D eigenvalue weighted by Crippen LogP contribution is 2.33. The highest BCUT2D eigenvalue weighted by Gasteiger charge is 2.34. The molecule has 0 bridgehead atoms. The maximum absolute atomic E-state index is 13.2. The number of carboxylic acids is 1. The number of carboxylic acid groups (broad SMARTS) is 1. The number of hydrogen-bond donors (Lipinski definition) is 2. The zero-order valence-corrected chi connectivity index (χ0v) is 12.7. The summed E-state index contributed by atoms with van der Waals surface area (Å²) in [4.78, 5) is 26.5. The summed E-state index contributed by atoms with van der Waals surface area (Å²) in [5.74, 6) is -1.48. The monoisotopic (exact) mass is 347 g/mol.